The van der Waals surface area contributed by atoms with Gasteiger partial charge in [-0.15, -0.1) is 12.4 Å². The maximum absolute atomic E-state index is 10.1. The first-order valence-corrected chi connectivity index (χ1v) is 2.71. The first kappa shape index (κ1) is 11.0. The monoisotopic (exact) mass is 156 g/mol. The van der Waals surface area contributed by atoms with Crippen molar-refractivity contribution in [3.05, 3.63) is 0 Å². The van der Waals surface area contributed by atoms with Gasteiger partial charge in [0.15, 0.2) is 0 Å². The fourth-order valence-electron chi connectivity index (χ4n) is 0.207. The predicted octanol–water partition coefficient (Wildman–Crippen LogP) is 0.901. The van der Waals surface area contributed by atoms with Crippen molar-refractivity contribution in [2.24, 2.45) is 0 Å². The lowest BCUT2D eigenvalue weighted by atomic mass is 10.8. The van der Waals surface area contributed by atoms with Gasteiger partial charge in [-0.25, -0.2) is 0 Å². The van der Waals surface area contributed by atoms with E-state index in [0.29, 0.717) is 6.61 Å². The van der Waals surface area contributed by atoms with Crippen LogP contribution in [-0.2, 0) is 9.53 Å². The lowest BCUT2D eigenvalue weighted by molar-refractivity contribution is -0.139. The minimum Gasteiger partial charge on any atom is -0.465 e. The minimum absolute atomic E-state index is 0. The molecule has 0 saturated carbocycles. The molecule has 0 aliphatic rings. The molecular formula is C4H9ClO2S. The second-order valence-corrected chi connectivity index (χ2v) is 1.28. The molecule has 0 aromatic heterocycles. The highest BCUT2D eigenvalue weighted by molar-refractivity contribution is 7.81. The van der Waals surface area contributed by atoms with Gasteiger partial charge in [0, 0.05) is 0 Å². The van der Waals surface area contributed by atoms with E-state index in [1.54, 1.807) is 6.92 Å². The number of carbonyl (C=O) groups is 1. The van der Waals surface area contributed by atoms with Crippen LogP contribution in [0, 0.1) is 0 Å². The Labute approximate surface area is 60.4 Å². The molecule has 0 aromatic rings. The first-order valence-electron chi connectivity index (χ1n) is 2.07. The highest BCUT2D eigenvalue weighted by Gasteiger charge is 1.91. The van der Waals surface area contributed by atoms with E-state index in [9.17, 15) is 4.79 Å². The Bertz CT molecular complexity index is 67.1. The Morgan fingerprint density at radius 2 is 2.25 bits per heavy atom. The minimum atomic E-state index is -0.258. The summed E-state index contributed by atoms with van der Waals surface area (Å²) >= 11 is 3.67. The van der Waals surface area contributed by atoms with Crippen LogP contribution in [0.2, 0.25) is 0 Å². The molecule has 0 aliphatic carbocycles. The van der Waals surface area contributed by atoms with Crippen molar-refractivity contribution in [2.45, 2.75) is 6.92 Å². The summed E-state index contributed by atoms with van der Waals surface area (Å²) in [6, 6.07) is 0. The summed E-state index contributed by atoms with van der Waals surface area (Å²) in [4.78, 5) is 10.1. The Kier molecular flexibility index (Phi) is 9.76. The van der Waals surface area contributed by atoms with Crippen LogP contribution in [0.3, 0.4) is 0 Å². The van der Waals surface area contributed by atoms with E-state index in [4.69, 9.17) is 0 Å². The molecule has 0 radical (unpaired) electrons. The molecule has 4 heteroatoms. The molecule has 2 nitrogen and oxygen atoms in total. The maximum Gasteiger partial charge on any atom is 0.315 e. The highest BCUT2D eigenvalue weighted by Crippen LogP contribution is 1.78. The Morgan fingerprint density at radius 1 is 1.75 bits per heavy atom. The normalized spacial score (nSPS) is 7.25. The topological polar surface area (TPSA) is 26.3 Å². The molecule has 0 aromatic carbocycles. The number of hydrogen-bond donors (Lipinski definition) is 1. The van der Waals surface area contributed by atoms with Crippen LogP contribution in [0.1, 0.15) is 6.92 Å². The third-order valence-corrected chi connectivity index (χ3v) is 0.693. The number of esters is 1. The average molecular weight is 157 g/mol. The summed E-state index contributed by atoms with van der Waals surface area (Å²) < 4.78 is 4.48. The molecular weight excluding hydrogens is 148 g/mol. The maximum atomic E-state index is 10.1. The van der Waals surface area contributed by atoms with Gasteiger partial charge in [0.05, 0.1) is 12.4 Å². The van der Waals surface area contributed by atoms with Gasteiger partial charge in [0.2, 0.25) is 0 Å². The van der Waals surface area contributed by atoms with Crippen molar-refractivity contribution in [1.82, 2.24) is 0 Å². The molecule has 0 spiro atoms. The Balaban J connectivity index is 0. The molecule has 0 heterocycles. The van der Waals surface area contributed by atoms with E-state index >= 15 is 0 Å². The van der Waals surface area contributed by atoms with Crippen molar-refractivity contribution in [1.29, 1.82) is 0 Å². The van der Waals surface area contributed by atoms with Crippen LogP contribution < -0.4 is 0 Å². The van der Waals surface area contributed by atoms with Gasteiger partial charge in [-0.1, -0.05) is 0 Å². The Hall–Kier alpha value is 0.110. The van der Waals surface area contributed by atoms with E-state index in [0.717, 1.165) is 0 Å². The molecule has 0 unspecified atom stereocenters. The van der Waals surface area contributed by atoms with Crippen LogP contribution in [0.5, 0.6) is 0 Å². The van der Waals surface area contributed by atoms with Crippen molar-refractivity contribution < 1.29 is 9.53 Å². The average Bonchev–Trinajstić information content (AvgIpc) is 1.68. The zero-order valence-corrected chi connectivity index (χ0v) is 6.30. The van der Waals surface area contributed by atoms with Gasteiger partial charge in [-0.05, 0) is 6.92 Å². The number of halogens is 1. The summed E-state index contributed by atoms with van der Waals surface area (Å²) in [5.41, 5.74) is 0. The highest BCUT2D eigenvalue weighted by atomic mass is 35.5. The molecule has 0 atom stereocenters. The molecule has 50 valence electrons. The van der Waals surface area contributed by atoms with Crippen LogP contribution in [0.15, 0.2) is 0 Å². The van der Waals surface area contributed by atoms with Crippen LogP contribution in [-0.4, -0.2) is 18.3 Å². The van der Waals surface area contributed by atoms with Crippen LogP contribution >= 0.6 is 25.0 Å². The number of thiol groups is 1. The standard InChI is InChI=1S/C4H8O2S.ClH/c1-2-6-4(5)3-7;/h7H,2-3H2,1H3;1H. The number of rotatable bonds is 2. The largest absolute Gasteiger partial charge is 0.465 e. The quantitative estimate of drug-likeness (QED) is 0.475. The summed E-state index contributed by atoms with van der Waals surface area (Å²) in [5.74, 6) is -0.0840. The number of carbonyl (C=O) groups excluding carboxylic acids is 1. The van der Waals surface area contributed by atoms with Gasteiger partial charge in [0.25, 0.3) is 0 Å². The molecule has 0 fully saturated rings. The first-order chi connectivity index (χ1) is 3.31. The molecule has 0 rings (SSSR count). The van der Waals surface area contributed by atoms with E-state index in [1.807, 2.05) is 0 Å². The van der Waals surface area contributed by atoms with Gasteiger partial charge >= 0.3 is 5.97 Å². The van der Waals surface area contributed by atoms with Gasteiger partial charge in [-0.3, -0.25) is 4.79 Å². The summed E-state index contributed by atoms with van der Waals surface area (Å²) in [6.07, 6.45) is 0. The van der Waals surface area contributed by atoms with Crippen LogP contribution in [0.4, 0.5) is 0 Å². The lowest BCUT2D eigenvalue weighted by Gasteiger charge is -1.93. The van der Waals surface area contributed by atoms with Crippen molar-refractivity contribution in [3.63, 3.8) is 0 Å². The van der Waals surface area contributed by atoms with Gasteiger partial charge in [-0.2, -0.15) is 12.6 Å². The fraction of sp³-hybridized carbons (Fsp3) is 0.750. The molecule has 0 amide bonds. The molecule has 0 aliphatic heterocycles. The fourth-order valence-corrected chi connectivity index (χ4v) is 0.298. The van der Waals surface area contributed by atoms with E-state index in [1.165, 1.54) is 0 Å². The van der Waals surface area contributed by atoms with E-state index in [-0.39, 0.29) is 24.1 Å². The smallest absolute Gasteiger partial charge is 0.315 e. The zero-order valence-electron chi connectivity index (χ0n) is 4.59. The van der Waals surface area contributed by atoms with Gasteiger partial charge in [0.1, 0.15) is 0 Å². The van der Waals surface area contributed by atoms with Crippen LogP contribution in [0.25, 0.3) is 0 Å². The summed E-state index contributed by atoms with van der Waals surface area (Å²) in [6.45, 7) is 2.21. The second kappa shape index (κ2) is 7.11. The number of hydrogen-bond acceptors (Lipinski definition) is 3. The van der Waals surface area contributed by atoms with Crippen molar-refractivity contribution in [3.8, 4) is 0 Å². The zero-order chi connectivity index (χ0) is 5.70. The van der Waals surface area contributed by atoms with E-state index < -0.39 is 0 Å². The molecule has 0 saturated heterocycles. The van der Waals surface area contributed by atoms with Gasteiger partial charge < -0.3 is 4.74 Å². The SMILES string of the molecule is CCOC(=O)CS.Cl. The molecule has 8 heavy (non-hydrogen) atoms. The summed E-state index contributed by atoms with van der Waals surface area (Å²) in [5, 5.41) is 0. The third kappa shape index (κ3) is 6.11. The predicted molar refractivity (Wildman–Crippen MR) is 37.7 cm³/mol. The summed E-state index contributed by atoms with van der Waals surface area (Å²) in [7, 11) is 0. The van der Waals surface area contributed by atoms with Crippen molar-refractivity contribution in [2.75, 3.05) is 12.4 Å². The van der Waals surface area contributed by atoms with E-state index in [2.05, 4.69) is 17.4 Å². The third-order valence-electron chi connectivity index (χ3n) is 0.434. The second-order valence-electron chi connectivity index (χ2n) is 0.963. The van der Waals surface area contributed by atoms with Crippen molar-refractivity contribution >= 4 is 31.0 Å². The molecule has 0 N–H and O–H groups in total. The molecule has 0 bridgehead atoms. The lowest BCUT2D eigenvalue weighted by Crippen LogP contribution is -2.03. The Morgan fingerprint density at radius 3 is 2.38 bits per heavy atom. The number of ether oxygens (including phenoxy) is 1.